The highest BCUT2D eigenvalue weighted by Crippen LogP contribution is 2.21. The van der Waals surface area contributed by atoms with Crippen LogP contribution in [0.25, 0.3) is 11.4 Å². The number of nitrogens with two attached hydrogens (primary N) is 1. The summed E-state index contributed by atoms with van der Waals surface area (Å²) in [6.45, 7) is 3.52. The molecule has 0 spiro atoms. The van der Waals surface area contributed by atoms with Crippen molar-refractivity contribution in [1.29, 1.82) is 0 Å². The van der Waals surface area contributed by atoms with Crippen molar-refractivity contribution in [3.05, 3.63) is 30.2 Å². The van der Waals surface area contributed by atoms with Gasteiger partial charge >= 0.3 is 0 Å². The first-order valence-corrected chi connectivity index (χ1v) is 7.68. The molecule has 1 aromatic heterocycles. The molecule has 2 aromatic rings. The third-order valence-electron chi connectivity index (χ3n) is 4.11. The summed E-state index contributed by atoms with van der Waals surface area (Å²) in [7, 11) is 1.65. The Hall–Kier alpha value is -1.63. The fourth-order valence-electron chi connectivity index (χ4n) is 2.86. The number of piperidine rings is 1. The molecule has 0 amide bonds. The summed E-state index contributed by atoms with van der Waals surface area (Å²) >= 11 is 0. The highest BCUT2D eigenvalue weighted by Gasteiger charge is 2.20. The number of aromatic nitrogens is 2. The Balaban J connectivity index is 0.00000192. The third-order valence-corrected chi connectivity index (χ3v) is 4.11. The molecule has 3 rings (SSSR count). The average Bonchev–Trinajstić information content (AvgIpc) is 3.03. The molecule has 0 saturated carbocycles. The van der Waals surface area contributed by atoms with Gasteiger partial charge in [-0.15, -0.1) is 12.4 Å². The standard InChI is InChI=1S/C16H22N4O2.ClH/c1-21-14-6-4-13(5-7-14)16-18-15(22-19-16)11-20-8-2-3-12(9-17)10-20;/h4-7,12H,2-3,8-11,17H2,1H3;1H. The molecule has 0 radical (unpaired) electrons. The summed E-state index contributed by atoms with van der Waals surface area (Å²) in [6, 6.07) is 7.64. The number of ether oxygens (including phenoxy) is 1. The van der Waals surface area contributed by atoms with Gasteiger partial charge in [0.25, 0.3) is 0 Å². The van der Waals surface area contributed by atoms with Crippen molar-refractivity contribution >= 4 is 12.4 Å². The van der Waals surface area contributed by atoms with Crippen molar-refractivity contribution in [2.45, 2.75) is 19.4 Å². The fourth-order valence-corrected chi connectivity index (χ4v) is 2.86. The van der Waals surface area contributed by atoms with Crippen LogP contribution in [0.15, 0.2) is 28.8 Å². The third kappa shape index (κ3) is 4.43. The van der Waals surface area contributed by atoms with Crippen molar-refractivity contribution in [1.82, 2.24) is 15.0 Å². The first-order valence-electron chi connectivity index (χ1n) is 7.68. The molecule has 1 fully saturated rings. The molecule has 1 aliphatic rings. The molecule has 2 heterocycles. The van der Waals surface area contributed by atoms with Gasteiger partial charge in [-0.25, -0.2) is 0 Å². The molecule has 23 heavy (non-hydrogen) atoms. The van der Waals surface area contributed by atoms with Gasteiger partial charge in [-0.1, -0.05) is 5.16 Å². The molecular formula is C16H23ClN4O2. The molecule has 1 saturated heterocycles. The van der Waals surface area contributed by atoms with Crippen molar-refractivity contribution in [2.24, 2.45) is 11.7 Å². The summed E-state index contributed by atoms with van der Waals surface area (Å²) in [5, 5.41) is 4.07. The minimum absolute atomic E-state index is 0. The second-order valence-electron chi connectivity index (χ2n) is 5.72. The zero-order chi connectivity index (χ0) is 15.4. The summed E-state index contributed by atoms with van der Waals surface area (Å²) in [6.07, 6.45) is 2.40. The highest BCUT2D eigenvalue weighted by atomic mass is 35.5. The van der Waals surface area contributed by atoms with Gasteiger partial charge in [0.2, 0.25) is 11.7 Å². The fraction of sp³-hybridized carbons (Fsp3) is 0.500. The van der Waals surface area contributed by atoms with E-state index in [0.29, 0.717) is 24.2 Å². The Morgan fingerprint density at radius 1 is 1.35 bits per heavy atom. The topological polar surface area (TPSA) is 77.4 Å². The molecule has 0 bridgehead atoms. The van der Waals surface area contributed by atoms with Crippen LogP contribution in [0.1, 0.15) is 18.7 Å². The average molecular weight is 339 g/mol. The van der Waals surface area contributed by atoms with Gasteiger partial charge in [-0.3, -0.25) is 4.90 Å². The van der Waals surface area contributed by atoms with Crippen molar-refractivity contribution in [3.63, 3.8) is 0 Å². The van der Waals surface area contributed by atoms with Gasteiger partial charge in [0, 0.05) is 12.1 Å². The number of hydrogen-bond donors (Lipinski definition) is 1. The van der Waals surface area contributed by atoms with Crippen LogP contribution >= 0.6 is 12.4 Å². The predicted octanol–water partition coefficient (Wildman–Crippen LogP) is 2.34. The second-order valence-corrected chi connectivity index (χ2v) is 5.72. The maximum Gasteiger partial charge on any atom is 0.241 e. The number of methoxy groups -OCH3 is 1. The highest BCUT2D eigenvalue weighted by molar-refractivity contribution is 5.85. The summed E-state index contributed by atoms with van der Waals surface area (Å²) in [4.78, 5) is 6.83. The number of rotatable bonds is 5. The number of halogens is 1. The van der Waals surface area contributed by atoms with E-state index in [0.717, 1.165) is 30.9 Å². The molecule has 6 nitrogen and oxygen atoms in total. The Labute approximate surface area is 142 Å². The Bertz CT molecular complexity index is 602. The van der Waals surface area contributed by atoms with Crippen LogP contribution in [0.2, 0.25) is 0 Å². The van der Waals surface area contributed by atoms with Crippen LogP contribution in [0.3, 0.4) is 0 Å². The lowest BCUT2D eigenvalue weighted by atomic mass is 9.98. The van der Waals surface area contributed by atoms with Crippen LogP contribution in [0.5, 0.6) is 5.75 Å². The van der Waals surface area contributed by atoms with Gasteiger partial charge < -0.3 is 15.0 Å². The molecule has 1 unspecified atom stereocenters. The first-order chi connectivity index (χ1) is 10.8. The molecule has 2 N–H and O–H groups in total. The van der Waals surface area contributed by atoms with Crippen LogP contribution in [-0.4, -0.2) is 41.8 Å². The Morgan fingerprint density at radius 3 is 2.83 bits per heavy atom. The summed E-state index contributed by atoms with van der Waals surface area (Å²) in [5.74, 6) is 2.67. The van der Waals surface area contributed by atoms with E-state index in [-0.39, 0.29) is 12.4 Å². The molecule has 1 aromatic carbocycles. The number of benzene rings is 1. The van der Waals surface area contributed by atoms with Gasteiger partial charge in [0.05, 0.1) is 13.7 Å². The van der Waals surface area contributed by atoms with E-state index in [2.05, 4.69) is 15.0 Å². The van der Waals surface area contributed by atoms with Crippen LogP contribution in [0, 0.1) is 5.92 Å². The van der Waals surface area contributed by atoms with E-state index in [1.165, 1.54) is 12.8 Å². The summed E-state index contributed by atoms with van der Waals surface area (Å²) in [5.41, 5.74) is 6.70. The van der Waals surface area contributed by atoms with Gasteiger partial charge in [0.15, 0.2) is 0 Å². The maximum absolute atomic E-state index is 5.77. The van der Waals surface area contributed by atoms with E-state index < -0.39 is 0 Å². The lowest BCUT2D eigenvalue weighted by molar-refractivity contribution is 0.153. The minimum atomic E-state index is 0. The van der Waals surface area contributed by atoms with Crippen LogP contribution in [0.4, 0.5) is 0 Å². The first kappa shape index (κ1) is 17.7. The SMILES string of the molecule is COc1ccc(-c2noc(CN3CCCC(CN)C3)n2)cc1.Cl. The number of nitrogens with zero attached hydrogens (tertiary/aromatic N) is 3. The molecular weight excluding hydrogens is 316 g/mol. The van der Waals surface area contributed by atoms with E-state index >= 15 is 0 Å². The Morgan fingerprint density at radius 2 is 2.13 bits per heavy atom. The van der Waals surface area contributed by atoms with Crippen LogP contribution < -0.4 is 10.5 Å². The van der Waals surface area contributed by atoms with E-state index in [1.807, 2.05) is 24.3 Å². The van der Waals surface area contributed by atoms with E-state index in [1.54, 1.807) is 7.11 Å². The normalized spacial score (nSPS) is 18.4. The maximum atomic E-state index is 5.77. The van der Waals surface area contributed by atoms with Crippen LogP contribution in [-0.2, 0) is 6.54 Å². The zero-order valence-electron chi connectivity index (χ0n) is 13.3. The van der Waals surface area contributed by atoms with Gasteiger partial charge in [0.1, 0.15) is 5.75 Å². The molecule has 0 aliphatic carbocycles. The number of likely N-dealkylation sites (tertiary alicyclic amines) is 1. The lowest BCUT2D eigenvalue weighted by Crippen LogP contribution is -2.37. The molecule has 1 aliphatic heterocycles. The number of hydrogen-bond acceptors (Lipinski definition) is 6. The van der Waals surface area contributed by atoms with Crippen molar-refractivity contribution < 1.29 is 9.26 Å². The monoisotopic (exact) mass is 338 g/mol. The molecule has 1 atom stereocenters. The van der Waals surface area contributed by atoms with E-state index in [4.69, 9.17) is 15.0 Å². The smallest absolute Gasteiger partial charge is 0.241 e. The molecule has 126 valence electrons. The minimum Gasteiger partial charge on any atom is -0.497 e. The Kier molecular flexibility index (Phi) is 6.38. The lowest BCUT2D eigenvalue weighted by Gasteiger charge is -2.30. The predicted molar refractivity (Wildman–Crippen MR) is 90.6 cm³/mol. The van der Waals surface area contributed by atoms with Crippen molar-refractivity contribution in [2.75, 3.05) is 26.7 Å². The molecule has 7 heteroatoms. The van der Waals surface area contributed by atoms with Gasteiger partial charge in [-0.05, 0) is 56.1 Å². The van der Waals surface area contributed by atoms with Gasteiger partial charge in [-0.2, -0.15) is 4.98 Å². The van der Waals surface area contributed by atoms with Crippen molar-refractivity contribution in [3.8, 4) is 17.1 Å². The quantitative estimate of drug-likeness (QED) is 0.901. The summed E-state index contributed by atoms with van der Waals surface area (Å²) < 4.78 is 10.5. The van der Waals surface area contributed by atoms with E-state index in [9.17, 15) is 0 Å². The zero-order valence-corrected chi connectivity index (χ0v) is 14.1. The largest absolute Gasteiger partial charge is 0.497 e. The second kappa shape index (κ2) is 8.29.